The first kappa shape index (κ1) is 85.0. The monoisotopic (exact) mass is 1580 g/mol. The summed E-state index contributed by atoms with van der Waals surface area (Å²) >= 11 is 20.3. The Balaban J connectivity index is 0.000000237. The van der Waals surface area contributed by atoms with Crippen LogP contribution in [0, 0.1) is 0 Å². The zero-order valence-corrected chi connectivity index (χ0v) is 67.2. The number of nitrogens with two attached hydrogens (primary N) is 1. The summed E-state index contributed by atoms with van der Waals surface area (Å²) in [5, 5.41) is 27.6. The van der Waals surface area contributed by atoms with Gasteiger partial charge in [-0.25, -0.2) is 9.59 Å². The third-order valence-corrected chi connectivity index (χ3v) is 15.9. The average Bonchev–Trinajstić information content (AvgIpc) is 1.59. The second-order valence-corrected chi connectivity index (χ2v) is 27.3. The van der Waals surface area contributed by atoms with Crippen LogP contribution in [0.4, 0.5) is 0 Å². The van der Waals surface area contributed by atoms with Crippen molar-refractivity contribution in [1.82, 2.24) is 48.8 Å². The molecule has 22 nitrogen and oxygen atoms in total. The first-order valence-corrected chi connectivity index (χ1v) is 35.3. The van der Waals surface area contributed by atoms with E-state index in [9.17, 15) is 38.7 Å². The number of aryl methyl sites for hydroxylation is 4. The molecule has 0 radical (unpaired) electrons. The van der Waals surface area contributed by atoms with Gasteiger partial charge in [-0.05, 0) is 152 Å². The minimum atomic E-state index is -0.888. The van der Waals surface area contributed by atoms with Crippen molar-refractivity contribution in [3.8, 4) is 0 Å². The van der Waals surface area contributed by atoms with Crippen LogP contribution in [0.1, 0.15) is 105 Å². The molecule has 101 heavy (non-hydrogen) atoms. The van der Waals surface area contributed by atoms with E-state index in [-0.39, 0.29) is 69.3 Å². The Morgan fingerprint density at radius 3 is 1.59 bits per heavy atom. The number of carbonyl (C=O) groups excluding carboxylic acids is 7. The topological polar surface area (TPSA) is 276 Å². The number of fused-ring (bicyclic) bond motifs is 5. The number of methoxy groups -OCH3 is 2. The zero-order valence-electron chi connectivity index (χ0n) is 59.6. The maximum absolute atomic E-state index is 13.1. The summed E-state index contributed by atoms with van der Waals surface area (Å²) in [5.74, 6) is -4.29. The van der Waals surface area contributed by atoms with Gasteiger partial charge in [-0.2, -0.15) is 10.2 Å². The molecule has 1 saturated heterocycles. The van der Waals surface area contributed by atoms with Crippen LogP contribution in [0.5, 0.6) is 0 Å². The number of amides is 3. The van der Waals surface area contributed by atoms with E-state index >= 15 is 0 Å². The molecule has 4 N–H and O–H groups in total. The number of primary amides is 1. The molecule has 7 heterocycles. The van der Waals surface area contributed by atoms with E-state index < -0.39 is 40.9 Å². The smallest absolute Gasteiger partial charge is 0.850 e. The number of alkyl halides is 1. The number of hydrogen-bond acceptors (Lipinski definition) is 15. The van der Waals surface area contributed by atoms with E-state index in [0.29, 0.717) is 66.9 Å². The number of esters is 2. The number of halogens is 4. The van der Waals surface area contributed by atoms with Gasteiger partial charge < -0.3 is 49.0 Å². The van der Waals surface area contributed by atoms with Gasteiger partial charge >= 0.3 is 63.3 Å². The summed E-state index contributed by atoms with van der Waals surface area (Å²) in [6, 6.07) is 31.7. The number of aromatic amines is 1. The third-order valence-electron chi connectivity index (χ3n) is 15.2. The summed E-state index contributed by atoms with van der Waals surface area (Å²) in [4.78, 5) is 90.5. The van der Waals surface area contributed by atoms with E-state index in [2.05, 4.69) is 82.9 Å². The number of Topliss-reactive ketones (excluding diaryl/α,β-unsaturated/α-hetero) is 2. The molecule has 1 fully saturated rings. The number of carbonyl (C=O) groups is 7. The molecule has 534 valence electrons. The molecule has 10 aromatic rings. The van der Waals surface area contributed by atoms with E-state index in [1.54, 1.807) is 57.3 Å². The molecule has 5 aromatic heterocycles. The molecule has 27 heteroatoms. The van der Waals surface area contributed by atoms with Crippen LogP contribution in [0.15, 0.2) is 122 Å². The summed E-state index contributed by atoms with van der Waals surface area (Å²) < 4.78 is 22.8. The van der Waals surface area contributed by atoms with Gasteiger partial charge in [0.05, 0.1) is 59.6 Å². The number of nitrogens with one attached hydrogen (secondary N) is 2. The molecule has 5 aromatic carbocycles. The Labute approximate surface area is 660 Å². The van der Waals surface area contributed by atoms with E-state index in [0.717, 1.165) is 102 Å². The van der Waals surface area contributed by atoms with Crippen LogP contribution in [0.25, 0.3) is 65.7 Å². The van der Waals surface area contributed by atoms with Crippen molar-refractivity contribution in [2.45, 2.75) is 105 Å². The average molecular weight is 1580 g/mol. The van der Waals surface area contributed by atoms with Crippen LogP contribution >= 0.6 is 57.4 Å². The van der Waals surface area contributed by atoms with Crippen molar-refractivity contribution in [2.75, 3.05) is 73.1 Å². The number of para-hydroxylation sites is 2. The van der Waals surface area contributed by atoms with Crippen molar-refractivity contribution in [3.63, 3.8) is 0 Å². The Kier molecular flexibility index (Phi) is 34.5. The number of benzene rings is 5. The van der Waals surface area contributed by atoms with E-state index in [4.69, 9.17) is 50.4 Å². The van der Waals surface area contributed by atoms with Crippen LogP contribution in [-0.2, 0) is 70.8 Å². The molecular formula is C74H88Cl3IKN11O11. The number of ketones is 2. The quantitative estimate of drug-likeness (QED) is 0.0137. The SMILES string of the molecule is C1CCOC1.CC(C)(C)[O-].CCI.CCn1cc(C(=O)C(=O)OC)c2cc(Cl)ccc21.CCn1cc(C2=C(c3nn(CCCN(C)C)c4ccccc34)C(=O)NC2=O)c2cc(Cl)ccc21.CN(C)CCCn1nc(CC(N)=O)c2ccccc21.COC(=O)C(=O)c1c[nH]c2ccc(Cl)cc12.[K+]. The van der Waals surface area contributed by atoms with Gasteiger partial charge in [0.2, 0.25) is 5.91 Å². The molecule has 0 spiro atoms. The van der Waals surface area contributed by atoms with E-state index in [1.807, 2.05) is 121 Å². The molecule has 12 rings (SSSR count). The summed E-state index contributed by atoms with van der Waals surface area (Å²) in [5.41, 5.74) is 12.3. The third kappa shape index (κ3) is 24.0. The van der Waals surface area contributed by atoms with Gasteiger partial charge in [-0.1, -0.05) is 121 Å². The Hall–Kier alpha value is -6.63. The molecule has 0 bridgehead atoms. The summed E-state index contributed by atoms with van der Waals surface area (Å²) in [7, 11) is 10.5. The number of ether oxygens (including phenoxy) is 3. The van der Waals surface area contributed by atoms with Gasteiger partial charge in [0.15, 0.2) is 0 Å². The molecule has 0 aliphatic carbocycles. The molecule has 0 unspecified atom stereocenters. The van der Waals surface area contributed by atoms with Gasteiger partial charge in [0.1, 0.15) is 5.69 Å². The second kappa shape index (κ2) is 41.0. The fourth-order valence-corrected chi connectivity index (χ4v) is 11.3. The Morgan fingerprint density at radius 1 is 0.634 bits per heavy atom. The minimum Gasteiger partial charge on any atom is -0.850 e. The number of nitrogens with zero attached hydrogens (tertiary/aromatic N) is 8. The normalized spacial score (nSPS) is 12.4. The first-order chi connectivity index (χ1) is 47.6. The minimum absolute atomic E-state index is 0. The number of aromatic nitrogens is 7. The van der Waals surface area contributed by atoms with Crippen molar-refractivity contribution < 1.29 is 104 Å². The van der Waals surface area contributed by atoms with Gasteiger partial charge in [-0.3, -0.25) is 38.7 Å². The summed E-state index contributed by atoms with van der Waals surface area (Å²) in [6.45, 7) is 17.9. The van der Waals surface area contributed by atoms with Crippen molar-refractivity contribution in [2.24, 2.45) is 5.73 Å². The van der Waals surface area contributed by atoms with E-state index in [1.165, 1.54) is 37.7 Å². The first-order valence-electron chi connectivity index (χ1n) is 32.6. The zero-order chi connectivity index (χ0) is 73.5. The molecule has 2 aliphatic rings. The van der Waals surface area contributed by atoms with Crippen LogP contribution in [0.3, 0.4) is 0 Å². The van der Waals surface area contributed by atoms with Crippen molar-refractivity contribution in [3.05, 3.63) is 165 Å². The van der Waals surface area contributed by atoms with Gasteiger partial charge in [0.25, 0.3) is 23.4 Å². The molecule has 2 aliphatic heterocycles. The Morgan fingerprint density at radius 2 is 1.09 bits per heavy atom. The number of rotatable bonds is 18. The number of imide groups is 1. The van der Waals surface area contributed by atoms with Crippen molar-refractivity contribution >= 4 is 164 Å². The molecular weight excluding hydrogens is 1490 g/mol. The van der Waals surface area contributed by atoms with Crippen molar-refractivity contribution in [1.29, 1.82) is 0 Å². The standard InChI is InChI=1S/C26H26ClN5O2.C14H20N4O.C13H12ClNO3.C11H8ClNO3.C4H8O.C4H9O.C2H5I.K/c1-4-31-15-19(18-14-16(27)10-11-20(18)31)22-23(26(34)28-25(22)33)24-17-8-5-6-9-21(17)32(29-24)13-7-12-30(2)3;1-17(2)8-5-9-18-13-7-4-3-6-11(13)12(16-18)10-14(15)19;1-3-15-7-10(12(16)13(17)18-2)9-6-8(14)4-5-11(9)15;1-16-11(15)10(14)8-5-13-9-3-2-6(12)4-7(8)9;1-2-4-5-3-1;1-4(2,3)5;1-2-3;/h5-6,8-11,14-15H,4,7,12-13H2,1-3H3,(H,28,33,34);3-4,6-7H,5,8-10H2,1-2H3,(H2,15,19);4-7H,3H2,1-2H3;2-5,13H,1H3;1-4H2;1-3H3;2H2,1H3;/q;;;;;-1;;+1. The molecule has 0 atom stereocenters. The predicted molar refractivity (Wildman–Crippen MR) is 404 cm³/mol. The van der Waals surface area contributed by atoms with Crippen LogP contribution in [-0.4, -0.2) is 163 Å². The van der Waals surface area contributed by atoms with Gasteiger partial charge in [-0.15, -0.1) is 5.60 Å². The predicted octanol–water partition coefficient (Wildman–Crippen LogP) is 9.43. The van der Waals surface area contributed by atoms with Crippen LogP contribution < -0.4 is 67.5 Å². The fraction of sp³-hybridized carbons (Fsp3) is 0.365. The number of H-pyrrole nitrogens is 1. The largest absolute Gasteiger partial charge is 1.00 e. The molecule has 3 amide bonds. The second-order valence-electron chi connectivity index (χ2n) is 24.5. The Bertz CT molecular complexity index is 4530. The maximum Gasteiger partial charge on any atom is 1.00 e. The van der Waals surface area contributed by atoms with Gasteiger partial charge in [0, 0.05) is 122 Å². The van der Waals surface area contributed by atoms with Crippen LogP contribution in [0.2, 0.25) is 15.1 Å². The fourth-order valence-electron chi connectivity index (χ4n) is 10.8. The maximum atomic E-state index is 13.1. The summed E-state index contributed by atoms with van der Waals surface area (Å²) in [6.07, 6.45) is 9.73. The molecule has 0 saturated carbocycles. The number of hydrogen-bond donors (Lipinski definition) is 3.